The van der Waals surface area contributed by atoms with Crippen molar-refractivity contribution in [1.82, 2.24) is 24.8 Å². The van der Waals surface area contributed by atoms with E-state index in [4.69, 9.17) is 18.9 Å². The molecule has 0 aliphatic rings. The Balaban J connectivity index is 1.18. The first-order valence-electron chi connectivity index (χ1n) is 15.8. The van der Waals surface area contributed by atoms with Gasteiger partial charge in [-0.1, -0.05) is 32.0 Å². The molecule has 0 aliphatic carbocycles. The highest BCUT2D eigenvalue weighted by Gasteiger charge is 2.16. The maximum absolute atomic E-state index is 12.7. The number of hydrogen-bond acceptors (Lipinski definition) is 10. The molecule has 0 saturated heterocycles. The Kier molecular flexibility index (Phi) is 16.5. The van der Waals surface area contributed by atoms with Gasteiger partial charge >= 0.3 is 0 Å². The Morgan fingerprint density at radius 2 is 1.57 bits per heavy atom. The number of allylic oxidation sites excluding steroid dienone is 1. The summed E-state index contributed by atoms with van der Waals surface area (Å²) >= 11 is 0. The van der Waals surface area contributed by atoms with Crippen molar-refractivity contribution >= 4 is 51.8 Å². The quantitative estimate of drug-likeness (QED) is 0.0882. The summed E-state index contributed by atoms with van der Waals surface area (Å²) in [7, 11) is 1.56. The van der Waals surface area contributed by atoms with E-state index in [2.05, 4.69) is 39.0 Å². The van der Waals surface area contributed by atoms with Crippen molar-refractivity contribution in [2.24, 2.45) is 5.92 Å². The second-order valence-electron chi connectivity index (χ2n) is 11.1. The summed E-state index contributed by atoms with van der Waals surface area (Å²) in [5.41, 5.74) is 2.43. The molecule has 0 radical (unpaired) electrons. The monoisotopic (exact) mass is 654 g/mol. The lowest BCUT2D eigenvalue weighted by Crippen LogP contribution is -2.33. The molecule has 3 amide bonds. The highest BCUT2D eigenvalue weighted by Crippen LogP contribution is 2.29. The van der Waals surface area contributed by atoms with Crippen LogP contribution in [0.3, 0.4) is 0 Å². The first kappa shape index (κ1) is 37.2. The third-order valence-electron chi connectivity index (χ3n) is 6.80. The van der Waals surface area contributed by atoms with Gasteiger partial charge in [-0.3, -0.25) is 19.2 Å². The lowest BCUT2D eigenvalue weighted by Gasteiger charge is -2.14. The second-order valence-corrected chi connectivity index (χ2v) is 11.1. The molecule has 14 heteroatoms. The average Bonchev–Trinajstić information content (AvgIpc) is 3.47. The molecular weight excluding hydrogens is 608 g/mol. The Hall–Kier alpha value is -4.24. The zero-order valence-corrected chi connectivity index (χ0v) is 27.4. The number of nitrogens with zero attached hydrogens (tertiary/aromatic N) is 4. The van der Waals surface area contributed by atoms with Crippen LogP contribution in [-0.4, -0.2) is 116 Å². The normalized spacial score (nSPS) is 11.5. The number of hydrogen-bond donors (Lipinski definition) is 2. The summed E-state index contributed by atoms with van der Waals surface area (Å²) in [6.45, 7) is 8.59. The van der Waals surface area contributed by atoms with Crippen molar-refractivity contribution in [1.29, 1.82) is 0 Å². The van der Waals surface area contributed by atoms with Gasteiger partial charge in [0.25, 0.3) is 0 Å². The fourth-order valence-electron chi connectivity index (χ4n) is 4.50. The van der Waals surface area contributed by atoms with Crippen LogP contribution < -0.4 is 10.6 Å². The molecule has 0 unspecified atom stereocenters. The lowest BCUT2D eigenvalue weighted by atomic mass is 10.1. The van der Waals surface area contributed by atoms with Crippen LogP contribution >= 0.6 is 0 Å². The van der Waals surface area contributed by atoms with Gasteiger partial charge in [0.1, 0.15) is 11.8 Å². The molecule has 0 spiro atoms. The minimum Gasteiger partial charge on any atom is -0.379 e. The Morgan fingerprint density at radius 3 is 2.26 bits per heavy atom. The molecule has 0 atom stereocenters. The number of anilines is 1. The van der Waals surface area contributed by atoms with Gasteiger partial charge in [-0.05, 0) is 18.1 Å². The molecule has 0 fully saturated rings. The summed E-state index contributed by atoms with van der Waals surface area (Å²) in [5.74, 6) is 0.152. The van der Waals surface area contributed by atoms with E-state index in [0.29, 0.717) is 76.3 Å². The summed E-state index contributed by atoms with van der Waals surface area (Å²) in [4.78, 5) is 57.0. The standard InChI is InChI=1S/C33H46N6O8/c1-25(2)23-39-24-35-31-32(39)26-7-4-5-8-27(26)36-33(31)37-29(42)11-15-44-17-19-46-21-22-47-20-18-45-16-12-34-28(41)10-13-38(3)30(43)9-6-14-40/h4-9,14,24-25H,10-13,15-23H2,1-3H3,(H,34,41)(H,36,37,42)/b9-6-. The zero-order chi connectivity index (χ0) is 33.9. The van der Waals surface area contributed by atoms with Gasteiger partial charge in [-0.15, -0.1) is 0 Å². The largest absolute Gasteiger partial charge is 0.379 e. The molecule has 2 heterocycles. The van der Waals surface area contributed by atoms with Crippen LogP contribution in [0.15, 0.2) is 42.7 Å². The van der Waals surface area contributed by atoms with Gasteiger partial charge in [0, 0.05) is 44.6 Å². The molecule has 0 aliphatic heterocycles. The van der Waals surface area contributed by atoms with Crippen molar-refractivity contribution in [2.75, 3.05) is 78.3 Å². The van der Waals surface area contributed by atoms with Crippen LogP contribution in [0.1, 0.15) is 26.7 Å². The number of ether oxygens (including phenoxy) is 4. The Morgan fingerprint density at radius 1 is 0.915 bits per heavy atom. The first-order valence-corrected chi connectivity index (χ1v) is 15.8. The number of aromatic nitrogens is 3. The van der Waals surface area contributed by atoms with Crippen LogP contribution in [-0.2, 0) is 44.7 Å². The molecular formula is C33H46N6O8. The second kappa shape index (κ2) is 20.8. The maximum atomic E-state index is 12.7. The Labute approximate surface area is 274 Å². The molecule has 0 bridgehead atoms. The maximum Gasteiger partial charge on any atom is 0.246 e. The number of carbonyl (C=O) groups excluding carboxylic acids is 4. The van der Waals surface area contributed by atoms with Gasteiger partial charge < -0.3 is 39.0 Å². The highest BCUT2D eigenvalue weighted by molar-refractivity contribution is 6.09. The van der Waals surface area contributed by atoms with Crippen molar-refractivity contribution in [3.8, 4) is 0 Å². The zero-order valence-electron chi connectivity index (χ0n) is 27.4. The van der Waals surface area contributed by atoms with Crippen LogP contribution in [0.5, 0.6) is 0 Å². The van der Waals surface area contributed by atoms with Gasteiger partial charge in [0.05, 0.1) is 76.6 Å². The fraction of sp³-hybridized carbons (Fsp3) is 0.515. The molecule has 2 aromatic heterocycles. The van der Waals surface area contributed by atoms with Gasteiger partial charge in [0.15, 0.2) is 5.82 Å². The van der Waals surface area contributed by atoms with E-state index in [9.17, 15) is 19.2 Å². The van der Waals surface area contributed by atoms with Crippen molar-refractivity contribution < 1.29 is 38.1 Å². The number of rotatable bonds is 23. The van der Waals surface area contributed by atoms with Crippen LogP contribution in [0.2, 0.25) is 0 Å². The first-order chi connectivity index (χ1) is 22.8. The lowest BCUT2D eigenvalue weighted by molar-refractivity contribution is -0.126. The number of aldehydes is 1. The summed E-state index contributed by atoms with van der Waals surface area (Å²) in [5, 5.41) is 6.62. The predicted octanol–water partition coefficient (Wildman–Crippen LogP) is 2.36. The third kappa shape index (κ3) is 13.2. The number of fused-ring (bicyclic) bond motifs is 3. The highest BCUT2D eigenvalue weighted by atomic mass is 16.6. The molecule has 3 rings (SSSR count). The summed E-state index contributed by atoms with van der Waals surface area (Å²) in [6.07, 6.45) is 4.92. The van der Waals surface area contributed by atoms with Crippen molar-refractivity contribution in [2.45, 2.75) is 33.2 Å². The molecule has 256 valence electrons. The van der Waals surface area contributed by atoms with Gasteiger partial charge in [0.2, 0.25) is 17.7 Å². The van der Waals surface area contributed by atoms with E-state index in [1.165, 1.54) is 4.90 Å². The molecule has 0 saturated carbocycles. The number of imidazole rings is 1. The minimum absolute atomic E-state index is 0.152. The number of pyridine rings is 1. The van der Waals surface area contributed by atoms with E-state index < -0.39 is 0 Å². The van der Waals surface area contributed by atoms with Crippen molar-refractivity contribution in [3.63, 3.8) is 0 Å². The van der Waals surface area contributed by atoms with Crippen LogP contribution in [0.25, 0.3) is 21.9 Å². The molecule has 47 heavy (non-hydrogen) atoms. The smallest absolute Gasteiger partial charge is 0.246 e. The number of nitrogens with one attached hydrogen (secondary N) is 2. The van der Waals surface area contributed by atoms with Gasteiger partial charge in [-0.25, -0.2) is 9.97 Å². The molecule has 2 N–H and O–H groups in total. The average molecular weight is 655 g/mol. The number of para-hydroxylation sites is 1. The van der Waals surface area contributed by atoms with Crippen LogP contribution in [0, 0.1) is 5.92 Å². The minimum atomic E-state index is -0.340. The predicted molar refractivity (Wildman–Crippen MR) is 177 cm³/mol. The van der Waals surface area contributed by atoms with E-state index >= 15 is 0 Å². The van der Waals surface area contributed by atoms with E-state index in [1.807, 2.05) is 24.3 Å². The molecule has 3 aromatic rings. The van der Waals surface area contributed by atoms with E-state index in [-0.39, 0.29) is 43.7 Å². The van der Waals surface area contributed by atoms with Gasteiger partial charge in [-0.2, -0.15) is 0 Å². The number of carbonyl (C=O) groups is 4. The Bertz CT molecular complexity index is 1470. The molecule has 14 nitrogen and oxygen atoms in total. The number of amides is 3. The summed E-state index contributed by atoms with van der Waals surface area (Å²) in [6, 6.07) is 7.85. The number of benzene rings is 1. The molecule has 1 aromatic carbocycles. The van der Waals surface area contributed by atoms with Crippen LogP contribution in [0.4, 0.5) is 5.82 Å². The SMILES string of the molecule is CC(C)Cn1cnc2c(NC(=O)CCOCCOCCOCCOCCNC(=O)CCN(C)C(=O)/C=C\C=O)nc3ccccc3c21. The van der Waals surface area contributed by atoms with E-state index in [1.54, 1.807) is 13.4 Å². The van der Waals surface area contributed by atoms with E-state index in [0.717, 1.165) is 35.1 Å². The summed E-state index contributed by atoms with van der Waals surface area (Å²) < 4.78 is 24.0. The fourth-order valence-corrected chi connectivity index (χ4v) is 4.50. The number of likely N-dealkylation sites (N-methyl/N-ethyl adjacent to an activating group) is 1. The van der Waals surface area contributed by atoms with Crippen molar-refractivity contribution in [3.05, 3.63) is 42.7 Å². The topological polar surface area (TPSA) is 163 Å². The third-order valence-corrected chi connectivity index (χ3v) is 6.80.